The Morgan fingerprint density at radius 3 is 0.852 bits per heavy atom. The third kappa shape index (κ3) is 11.0. The van der Waals surface area contributed by atoms with Crippen molar-refractivity contribution in [3.63, 3.8) is 0 Å². The van der Waals surface area contributed by atoms with Crippen molar-refractivity contribution in [1.29, 1.82) is 0 Å². The molecule has 0 radical (unpaired) electrons. The number of benzene rings is 2. The van der Waals surface area contributed by atoms with Crippen LogP contribution in [0, 0.1) is 0 Å². The van der Waals surface area contributed by atoms with Crippen LogP contribution < -0.4 is 0 Å². The number of hydrogen-bond donors (Lipinski definition) is 0. The van der Waals surface area contributed by atoms with Crippen molar-refractivity contribution in [1.82, 2.24) is 0 Å². The van der Waals surface area contributed by atoms with Gasteiger partial charge in [-0.05, 0) is 67.2 Å². The molecule has 0 unspecified atom stereocenters. The van der Waals surface area contributed by atoms with Gasteiger partial charge in [-0.1, -0.05) is 104 Å². The first-order valence-electron chi connectivity index (χ1n) is 11.6. The molecule has 0 saturated carbocycles. The molecule has 0 heterocycles. The molecule has 2 aliphatic rings. The number of aryl methyl sites for hydroxylation is 4. The minimum absolute atomic E-state index is 1.30. The molecule has 0 nitrogen and oxygen atoms in total. The summed E-state index contributed by atoms with van der Waals surface area (Å²) in [4.78, 5) is 0. The molecule has 2 aromatic carbocycles. The highest BCUT2D eigenvalue weighted by Crippen LogP contribution is 2.20. The Morgan fingerprint density at radius 2 is 0.593 bits per heavy atom. The van der Waals surface area contributed by atoms with Gasteiger partial charge in [-0.25, -0.2) is 0 Å². The smallest absolute Gasteiger partial charge is 0.0273 e. The summed E-state index contributed by atoms with van der Waals surface area (Å²) < 4.78 is 0. The van der Waals surface area contributed by atoms with E-state index in [9.17, 15) is 0 Å². The van der Waals surface area contributed by atoms with E-state index >= 15 is 0 Å². The summed E-state index contributed by atoms with van der Waals surface area (Å²) in [5.41, 5.74) is 6.29. The van der Waals surface area contributed by atoms with Gasteiger partial charge >= 0.3 is 0 Å². The summed E-state index contributed by atoms with van der Waals surface area (Å²) in [7, 11) is 0. The fourth-order valence-corrected chi connectivity index (χ4v) is 3.19. The van der Waals surface area contributed by atoms with Gasteiger partial charge in [0.15, 0.2) is 0 Å². The van der Waals surface area contributed by atoms with Crippen molar-refractivity contribution < 1.29 is 0 Å². The average molecular weight is 371 g/mol. The second-order valence-corrected chi connectivity index (χ2v) is 5.60. The van der Waals surface area contributed by atoms with Crippen LogP contribution >= 0.6 is 0 Å². The second kappa shape index (κ2) is 20.7. The zero-order valence-corrected chi connectivity index (χ0v) is 19.6. The van der Waals surface area contributed by atoms with Crippen LogP contribution in [0.3, 0.4) is 0 Å². The summed E-state index contributed by atoms with van der Waals surface area (Å²) in [6.07, 6.45) is 9.34. The lowest BCUT2D eigenvalue weighted by molar-refractivity contribution is 0.685. The molecule has 2 aliphatic carbocycles. The van der Waals surface area contributed by atoms with Gasteiger partial charge in [0.1, 0.15) is 0 Å². The van der Waals surface area contributed by atoms with Crippen molar-refractivity contribution in [2.24, 2.45) is 0 Å². The van der Waals surface area contributed by atoms with Gasteiger partial charge in [-0.2, -0.15) is 0 Å². The van der Waals surface area contributed by atoms with Crippen LogP contribution in [0.15, 0.2) is 48.5 Å². The minimum atomic E-state index is 1.30. The Balaban J connectivity index is 0. The molecule has 2 aromatic rings. The van der Waals surface area contributed by atoms with Gasteiger partial charge in [0.05, 0.1) is 0 Å². The van der Waals surface area contributed by atoms with Crippen molar-refractivity contribution in [2.75, 3.05) is 0 Å². The van der Waals surface area contributed by atoms with Gasteiger partial charge < -0.3 is 0 Å². The van der Waals surface area contributed by atoms with Gasteiger partial charge in [-0.15, -0.1) is 0 Å². The number of rotatable bonds is 0. The molecule has 154 valence electrons. The molecule has 0 heteroatoms. The van der Waals surface area contributed by atoms with Gasteiger partial charge in [0.25, 0.3) is 0 Å². The molecule has 0 N–H and O–H groups in total. The summed E-state index contributed by atoms with van der Waals surface area (Å²) in [6.45, 7) is 16.0. The standard InChI is InChI=1S/C10H12.C9H10.4C2H6/c1-2-6-10-8-4-3-7-9(10)5-1;1-2-5-9-7-3-6-8(9)4-1;4*1-2/h1-2,5-6H,3-4,7-8H2;1-2,4-5H,3,6-7H2;4*1-2H3. The van der Waals surface area contributed by atoms with E-state index in [-0.39, 0.29) is 0 Å². The van der Waals surface area contributed by atoms with E-state index < -0.39 is 0 Å². The normalized spacial score (nSPS) is 12.1. The Labute approximate surface area is 171 Å². The van der Waals surface area contributed by atoms with Crippen molar-refractivity contribution >= 4 is 0 Å². The Kier molecular flexibility index (Phi) is 21.3. The maximum absolute atomic E-state index is 2.26. The molecule has 0 fully saturated rings. The van der Waals surface area contributed by atoms with Crippen LogP contribution in [0.25, 0.3) is 0 Å². The summed E-state index contributed by atoms with van der Waals surface area (Å²) in [5.74, 6) is 0. The molecule has 0 bridgehead atoms. The highest BCUT2D eigenvalue weighted by atomic mass is 14.1. The second-order valence-electron chi connectivity index (χ2n) is 5.60. The molecular formula is C27H46. The lowest BCUT2D eigenvalue weighted by atomic mass is 9.92. The third-order valence-corrected chi connectivity index (χ3v) is 4.27. The van der Waals surface area contributed by atoms with E-state index in [0.29, 0.717) is 0 Å². The van der Waals surface area contributed by atoms with Crippen molar-refractivity contribution in [3.05, 3.63) is 70.8 Å². The summed E-state index contributed by atoms with van der Waals surface area (Å²) in [6, 6.07) is 17.5. The van der Waals surface area contributed by atoms with E-state index in [0.717, 1.165) is 0 Å². The molecule has 0 spiro atoms. The fourth-order valence-electron chi connectivity index (χ4n) is 3.19. The van der Waals surface area contributed by atoms with E-state index in [1.54, 1.807) is 22.3 Å². The SMILES string of the molecule is CC.CC.CC.CC.c1ccc2c(c1)CCC2.c1ccc2c(c1)CCCC2. The van der Waals surface area contributed by atoms with Crippen LogP contribution in [-0.4, -0.2) is 0 Å². The highest BCUT2D eigenvalue weighted by Gasteiger charge is 2.07. The van der Waals surface area contributed by atoms with E-state index in [1.807, 2.05) is 55.4 Å². The largest absolute Gasteiger partial charge is 0.0683 e. The molecule has 0 aliphatic heterocycles. The maximum atomic E-state index is 2.26. The zero-order valence-electron chi connectivity index (χ0n) is 19.6. The van der Waals surface area contributed by atoms with Gasteiger partial charge in [-0.3, -0.25) is 0 Å². The molecule has 27 heavy (non-hydrogen) atoms. The van der Waals surface area contributed by atoms with E-state index in [4.69, 9.17) is 0 Å². The van der Waals surface area contributed by atoms with Crippen LogP contribution in [0.2, 0.25) is 0 Å². The average Bonchev–Trinajstić information content (AvgIpc) is 3.29. The predicted molar refractivity (Wildman–Crippen MR) is 127 cm³/mol. The van der Waals surface area contributed by atoms with Gasteiger partial charge in [0, 0.05) is 0 Å². The van der Waals surface area contributed by atoms with Crippen LogP contribution in [0.5, 0.6) is 0 Å². The van der Waals surface area contributed by atoms with E-state index in [1.165, 1.54) is 44.9 Å². The molecule has 0 saturated heterocycles. The first-order chi connectivity index (χ1) is 13.4. The number of hydrogen-bond acceptors (Lipinski definition) is 0. The molecule has 4 rings (SSSR count). The predicted octanol–water partition coefficient (Wildman–Crippen LogP) is 8.85. The fraction of sp³-hybridized carbons (Fsp3) is 0.556. The minimum Gasteiger partial charge on any atom is -0.0683 e. The number of fused-ring (bicyclic) bond motifs is 2. The van der Waals surface area contributed by atoms with Crippen LogP contribution in [0.4, 0.5) is 0 Å². The summed E-state index contributed by atoms with van der Waals surface area (Å²) >= 11 is 0. The maximum Gasteiger partial charge on any atom is -0.0273 e. The Bertz CT molecular complexity index is 491. The van der Waals surface area contributed by atoms with E-state index in [2.05, 4.69) is 48.5 Å². The monoisotopic (exact) mass is 370 g/mol. The quantitative estimate of drug-likeness (QED) is 0.434. The third-order valence-electron chi connectivity index (χ3n) is 4.27. The first kappa shape index (κ1) is 27.7. The van der Waals surface area contributed by atoms with Crippen LogP contribution in [0.1, 0.15) is 96.9 Å². The van der Waals surface area contributed by atoms with Crippen LogP contribution in [-0.2, 0) is 25.7 Å². The lowest BCUT2D eigenvalue weighted by Crippen LogP contribution is -2.00. The highest BCUT2D eigenvalue weighted by molar-refractivity contribution is 5.30. The van der Waals surface area contributed by atoms with Crippen molar-refractivity contribution in [2.45, 2.75) is 100 Å². The zero-order chi connectivity index (χ0) is 20.9. The Hall–Kier alpha value is -1.56. The Morgan fingerprint density at radius 1 is 0.370 bits per heavy atom. The topological polar surface area (TPSA) is 0 Å². The molecule has 0 aromatic heterocycles. The van der Waals surface area contributed by atoms with Crippen molar-refractivity contribution in [3.8, 4) is 0 Å². The first-order valence-corrected chi connectivity index (χ1v) is 11.6. The molecule has 0 atom stereocenters. The summed E-state index contributed by atoms with van der Waals surface area (Å²) in [5, 5.41) is 0. The lowest BCUT2D eigenvalue weighted by Gasteiger charge is -2.13. The van der Waals surface area contributed by atoms with Gasteiger partial charge in [0.2, 0.25) is 0 Å². The molecule has 0 amide bonds. The molecular weight excluding hydrogens is 324 g/mol.